The van der Waals surface area contributed by atoms with Gasteiger partial charge in [0.1, 0.15) is 5.92 Å². The molecule has 0 fully saturated rings. The third kappa shape index (κ3) is 4.28. The number of methoxy groups -OCH3 is 1. The number of hydrogen-bond acceptors (Lipinski definition) is 4. The summed E-state index contributed by atoms with van der Waals surface area (Å²) in [6.45, 7) is 2.03. The number of carbonyl (C=O) groups is 2. The predicted octanol–water partition coefficient (Wildman–Crippen LogP) is 2.17. The zero-order chi connectivity index (χ0) is 13.4. The number of nitrogens with zero attached hydrogens (tertiary/aromatic N) is 1. The molecule has 0 saturated heterocycles. The average molecular weight is 249 g/mol. The molecule has 1 heterocycles. The van der Waals surface area contributed by atoms with Gasteiger partial charge < -0.3 is 4.74 Å². The number of carbonyl (C=O) groups excluding carboxylic acids is 2. The number of hydrogen-bond donors (Lipinski definition) is 0. The van der Waals surface area contributed by atoms with E-state index in [9.17, 15) is 9.59 Å². The van der Waals surface area contributed by atoms with E-state index in [1.54, 1.807) is 18.5 Å². The minimum Gasteiger partial charge on any atom is -0.468 e. The first-order valence-electron chi connectivity index (χ1n) is 6.18. The predicted molar refractivity (Wildman–Crippen MR) is 68.0 cm³/mol. The van der Waals surface area contributed by atoms with Gasteiger partial charge in [0.15, 0.2) is 5.78 Å². The first-order valence-corrected chi connectivity index (χ1v) is 6.18. The van der Waals surface area contributed by atoms with Gasteiger partial charge in [-0.05, 0) is 18.1 Å². The summed E-state index contributed by atoms with van der Waals surface area (Å²) in [5, 5.41) is 0. The van der Waals surface area contributed by atoms with Crippen LogP contribution in [0.15, 0.2) is 24.5 Å². The Kier molecular flexibility index (Phi) is 6.05. The molecular weight excluding hydrogens is 230 g/mol. The fourth-order valence-corrected chi connectivity index (χ4v) is 1.79. The molecule has 0 aliphatic heterocycles. The third-order valence-electron chi connectivity index (χ3n) is 2.82. The van der Waals surface area contributed by atoms with Crippen LogP contribution in [0.5, 0.6) is 0 Å². The van der Waals surface area contributed by atoms with Crippen molar-refractivity contribution < 1.29 is 14.3 Å². The van der Waals surface area contributed by atoms with Crippen molar-refractivity contribution in [3.05, 3.63) is 30.1 Å². The Morgan fingerprint density at radius 2 is 2.22 bits per heavy atom. The van der Waals surface area contributed by atoms with Crippen LogP contribution in [0.3, 0.4) is 0 Å². The summed E-state index contributed by atoms with van der Waals surface area (Å²) in [7, 11) is 1.32. The van der Waals surface area contributed by atoms with Crippen LogP contribution in [0.25, 0.3) is 0 Å². The highest BCUT2D eigenvalue weighted by molar-refractivity contribution is 5.99. The van der Waals surface area contributed by atoms with Gasteiger partial charge in [0.2, 0.25) is 0 Å². The summed E-state index contributed by atoms with van der Waals surface area (Å²) in [5.41, 5.74) is 0.827. The van der Waals surface area contributed by atoms with Gasteiger partial charge in [0.25, 0.3) is 0 Å². The van der Waals surface area contributed by atoms with Gasteiger partial charge in [0.05, 0.1) is 7.11 Å². The number of pyridine rings is 1. The molecular formula is C14H19NO3. The molecule has 0 radical (unpaired) electrons. The van der Waals surface area contributed by atoms with E-state index in [1.807, 2.05) is 13.0 Å². The Hall–Kier alpha value is -1.71. The number of Topliss-reactive ketones (excluding diaryl/α,β-unsaturated/α-hetero) is 1. The number of ether oxygens (including phenoxy) is 1. The van der Waals surface area contributed by atoms with E-state index in [0.717, 1.165) is 18.4 Å². The fourth-order valence-electron chi connectivity index (χ4n) is 1.79. The molecule has 1 atom stereocenters. The van der Waals surface area contributed by atoms with E-state index in [-0.39, 0.29) is 12.2 Å². The van der Waals surface area contributed by atoms with E-state index < -0.39 is 11.9 Å². The molecule has 0 saturated carbocycles. The molecule has 1 aromatic rings. The van der Waals surface area contributed by atoms with Gasteiger partial charge in [-0.15, -0.1) is 0 Å². The van der Waals surface area contributed by atoms with Crippen molar-refractivity contribution in [2.24, 2.45) is 5.92 Å². The molecule has 1 rings (SSSR count). The third-order valence-corrected chi connectivity index (χ3v) is 2.82. The maximum atomic E-state index is 12.1. The van der Waals surface area contributed by atoms with Gasteiger partial charge in [0, 0.05) is 18.8 Å². The van der Waals surface area contributed by atoms with Crippen molar-refractivity contribution in [2.75, 3.05) is 7.11 Å². The van der Waals surface area contributed by atoms with Crippen LogP contribution in [-0.4, -0.2) is 23.8 Å². The summed E-state index contributed by atoms with van der Waals surface area (Å²) in [6, 6.07) is 3.61. The lowest BCUT2D eigenvalue weighted by Crippen LogP contribution is -2.26. The first kappa shape index (κ1) is 14.4. The lowest BCUT2D eigenvalue weighted by atomic mass is 9.93. The van der Waals surface area contributed by atoms with Crippen molar-refractivity contribution in [1.82, 2.24) is 4.98 Å². The van der Waals surface area contributed by atoms with Gasteiger partial charge >= 0.3 is 5.97 Å². The highest BCUT2D eigenvalue weighted by Gasteiger charge is 2.26. The topological polar surface area (TPSA) is 56.3 Å². The van der Waals surface area contributed by atoms with Crippen LogP contribution in [0.1, 0.15) is 31.7 Å². The Balaban J connectivity index is 2.67. The number of aromatic nitrogens is 1. The van der Waals surface area contributed by atoms with Crippen molar-refractivity contribution >= 4 is 11.8 Å². The Labute approximate surface area is 107 Å². The smallest absolute Gasteiger partial charge is 0.316 e. The molecule has 0 aliphatic rings. The van der Waals surface area contributed by atoms with Crippen LogP contribution < -0.4 is 0 Å². The summed E-state index contributed by atoms with van der Waals surface area (Å²) in [6.07, 6.45) is 5.89. The number of unbranched alkanes of at least 4 members (excludes halogenated alkanes) is 1. The standard InChI is InChI=1S/C14H19NO3/c1-3-4-7-12(14(17)18-2)13(16)9-11-6-5-8-15-10-11/h5-6,8,10,12H,3-4,7,9H2,1-2H3. The molecule has 0 aromatic carbocycles. The van der Waals surface area contributed by atoms with E-state index >= 15 is 0 Å². The molecule has 0 N–H and O–H groups in total. The highest BCUT2D eigenvalue weighted by atomic mass is 16.5. The molecule has 4 heteroatoms. The van der Waals surface area contributed by atoms with Gasteiger partial charge in [-0.25, -0.2) is 0 Å². The number of rotatable bonds is 7. The van der Waals surface area contributed by atoms with Crippen LogP contribution in [0.4, 0.5) is 0 Å². The SMILES string of the molecule is CCCCC(C(=O)Cc1cccnc1)C(=O)OC. The normalized spacial score (nSPS) is 11.9. The molecule has 18 heavy (non-hydrogen) atoms. The maximum absolute atomic E-state index is 12.1. The number of ketones is 1. The first-order chi connectivity index (χ1) is 8.69. The molecule has 98 valence electrons. The molecule has 0 aliphatic carbocycles. The minimum absolute atomic E-state index is 0.0942. The molecule has 0 spiro atoms. The Morgan fingerprint density at radius 1 is 1.44 bits per heavy atom. The lowest BCUT2D eigenvalue weighted by molar-refractivity contribution is -0.149. The maximum Gasteiger partial charge on any atom is 0.316 e. The molecule has 0 amide bonds. The quantitative estimate of drug-likeness (QED) is 0.549. The summed E-state index contributed by atoms with van der Waals surface area (Å²) >= 11 is 0. The van der Waals surface area contributed by atoms with Crippen molar-refractivity contribution in [2.45, 2.75) is 32.6 Å². The second-order valence-corrected chi connectivity index (χ2v) is 4.22. The Bertz CT molecular complexity index is 389. The monoisotopic (exact) mass is 249 g/mol. The van der Waals surface area contributed by atoms with E-state index in [0.29, 0.717) is 6.42 Å². The molecule has 1 unspecified atom stereocenters. The van der Waals surface area contributed by atoms with Crippen molar-refractivity contribution in [1.29, 1.82) is 0 Å². The van der Waals surface area contributed by atoms with Crippen LogP contribution in [0, 0.1) is 5.92 Å². The van der Waals surface area contributed by atoms with E-state index in [2.05, 4.69) is 4.98 Å². The second-order valence-electron chi connectivity index (χ2n) is 4.22. The molecule has 1 aromatic heterocycles. The van der Waals surface area contributed by atoms with Crippen LogP contribution in [-0.2, 0) is 20.7 Å². The molecule has 0 bridgehead atoms. The fraction of sp³-hybridized carbons (Fsp3) is 0.500. The summed E-state index contributed by atoms with van der Waals surface area (Å²) in [4.78, 5) is 27.6. The summed E-state index contributed by atoms with van der Waals surface area (Å²) in [5.74, 6) is -1.17. The highest BCUT2D eigenvalue weighted by Crippen LogP contribution is 2.14. The lowest BCUT2D eigenvalue weighted by Gasteiger charge is -2.12. The zero-order valence-electron chi connectivity index (χ0n) is 10.9. The van der Waals surface area contributed by atoms with E-state index in [1.165, 1.54) is 7.11 Å². The van der Waals surface area contributed by atoms with Crippen LogP contribution >= 0.6 is 0 Å². The van der Waals surface area contributed by atoms with Gasteiger partial charge in [-0.2, -0.15) is 0 Å². The minimum atomic E-state index is -0.643. The Morgan fingerprint density at radius 3 is 2.78 bits per heavy atom. The number of esters is 1. The van der Waals surface area contributed by atoms with Crippen molar-refractivity contribution in [3.63, 3.8) is 0 Å². The molecule has 4 nitrogen and oxygen atoms in total. The van der Waals surface area contributed by atoms with Crippen molar-refractivity contribution in [3.8, 4) is 0 Å². The second kappa shape index (κ2) is 7.58. The van der Waals surface area contributed by atoms with Crippen LogP contribution in [0.2, 0.25) is 0 Å². The largest absolute Gasteiger partial charge is 0.468 e. The van der Waals surface area contributed by atoms with E-state index in [4.69, 9.17) is 4.74 Å². The van der Waals surface area contributed by atoms with Gasteiger partial charge in [-0.3, -0.25) is 14.6 Å². The average Bonchev–Trinajstić information content (AvgIpc) is 2.40. The zero-order valence-corrected chi connectivity index (χ0v) is 10.9. The summed E-state index contributed by atoms with van der Waals surface area (Å²) < 4.78 is 4.69. The van der Waals surface area contributed by atoms with Gasteiger partial charge in [-0.1, -0.05) is 25.8 Å².